The zero-order chi connectivity index (χ0) is 10.1. The Morgan fingerprint density at radius 1 is 1.57 bits per heavy atom. The molecule has 2 rings (SSSR count). The van der Waals surface area contributed by atoms with Crippen molar-refractivity contribution in [3.05, 3.63) is 29.6 Å². The van der Waals surface area contributed by atoms with Crippen LogP contribution >= 0.6 is 0 Å². The first-order chi connectivity index (χ1) is 6.68. The minimum absolute atomic E-state index is 0.327. The van der Waals surface area contributed by atoms with Gasteiger partial charge in [0.25, 0.3) is 0 Å². The fourth-order valence-corrected chi connectivity index (χ4v) is 1.62. The van der Waals surface area contributed by atoms with Crippen molar-refractivity contribution in [1.82, 2.24) is 0 Å². The van der Waals surface area contributed by atoms with Crippen molar-refractivity contribution < 1.29 is 19.0 Å². The largest absolute Gasteiger partial charge is 0.493 e. The monoisotopic (exact) mass is 196 g/mol. The van der Waals surface area contributed by atoms with Crippen molar-refractivity contribution in [2.45, 2.75) is 12.3 Å². The summed E-state index contributed by atoms with van der Waals surface area (Å²) in [5.74, 6) is -1.51. The van der Waals surface area contributed by atoms with Gasteiger partial charge >= 0.3 is 5.97 Å². The van der Waals surface area contributed by atoms with Crippen molar-refractivity contribution in [1.29, 1.82) is 0 Å². The second-order valence-corrected chi connectivity index (χ2v) is 3.21. The minimum Gasteiger partial charge on any atom is -0.493 e. The Kier molecular flexibility index (Phi) is 2.11. The van der Waals surface area contributed by atoms with Crippen LogP contribution in [0.25, 0.3) is 0 Å². The summed E-state index contributed by atoms with van der Waals surface area (Å²) in [4.78, 5) is 10.9. The van der Waals surface area contributed by atoms with E-state index in [0.29, 0.717) is 24.3 Å². The second kappa shape index (κ2) is 3.29. The Morgan fingerprint density at radius 2 is 2.36 bits per heavy atom. The third kappa shape index (κ3) is 1.43. The summed E-state index contributed by atoms with van der Waals surface area (Å²) >= 11 is 0. The molecule has 1 aromatic rings. The molecule has 1 aliphatic heterocycles. The van der Waals surface area contributed by atoms with Crippen molar-refractivity contribution in [3.8, 4) is 5.75 Å². The highest BCUT2D eigenvalue weighted by molar-refractivity contribution is 5.77. The fourth-order valence-electron chi connectivity index (χ4n) is 1.62. The third-order valence-electron chi connectivity index (χ3n) is 2.31. The molecule has 1 N–H and O–H groups in total. The summed E-state index contributed by atoms with van der Waals surface area (Å²) < 4.78 is 18.0. The van der Waals surface area contributed by atoms with Gasteiger partial charge in [0.1, 0.15) is 11.6 Å². The zero-order valence-corrected chi connectivity index (χ0v) is 7.37. The number of carboxylic acids is 1. The number of hydrogen-bond donors (Lipinski definition) is 1. The number of ether oxygens (including phenoxy) is 1. The fraction of sp³-hybridized carbons (Fsp3) is 0.300. The van der Waals surface area contributed by atoms with E-state index in [1.54, 1.807) is 0 Å². The van der Waals surface area contributed by atoms with E-state index in [0.717, 1.165) is 0 Å². The lowest BCUT2D eigenvalue weighted by atomic mass is 9.93. The summed E-state index contributed by atoms with van der Waals surface area (Å²) in [6.45, 7) is 0.327. The molecule has 0 fully saturated rings. The van der Waals surface area contributed by atoms with Crippen LogP contribution in [-0.4, -0.2) is 17.7 Å². The molecule has 0 saturated carbocycles. The molecule has 1 atom stereocenters. The molecule has 1 heterocycles. The van der Waals surface area contributed by atoms with Crippen LogP contribution in [0.15, 0.2) is 18.2 Å². The molecule has 0 saturated heterocycles. The molecule has 3 nitrogen and oxygen atoms in total. The van der Waals surface area contributed by atoms with Gasteiger partial charge in [0, 0.05) is 11.6 Å². The van der Waals surface area contributed by atoms with Gasteiger partial charge in [0.2, 0.25) is 0 Å². The highest BCUT2D eigenvalue weighted by Crippen LogP contribution is 2.34. The number of rotatable bonds is 1. The molecule has 0 bridgehead atoms. The molecule has 0 aromatic heterocycles. The quantitative estimate of drug-likeness (QED) is 0.744. The predicted octanol–water partition coefficient (Wildman–Crippen LogP) is 1.78. The van der Waals surface area contributed by atoms with Crippen LogP contribution in [0.2, 0.25) is 0 Å². The van der Waals surface area contributed by atoms with E-state index in [9.17, 15) is 9.18 Å². The van der Waals surface area contributed by atoms with Crippen molar-refractivity contribution in [2.75, 3.05) is 6.61 Å². The Labute approximate surface area is 80.1 Å². The van der Waals surface area contributed by atoms with E-state index in [4.69, 9.17) is 9.84 Å². The number of benzene rings is 1. The van der Waals surface area contributed by atoms with Crippen LogP contribution in [0.3, 0.4) is 0 Å². The SMILES string of the molecule is O=C(O)C1CCOc2cc(F)ccc21. The van der Waals surface area contributed by atoms with E-state index < -0.39 is 17.7 Å². The summed E-state index contributed by atoms with van der Waals surface area (Å²) in [6.07, 6.45) is 0.438. The van der Waals surface area contributed by atoms with E-state index >= 15 is 0 Å². The normalized spacial score (nSPS) is 19.6. The maximum atomic E-state index is 12.8. The van der Waals surface area contributed by atoms with Gasteiger partial charge in [-0.1, -0.05) is 6.07 Å². The van der Waals surface area contributed by atoms with E-state index in [1.165, 1.54) is 18.2 Å². The van der Waals surface area contributed by atoms with Crippen LogP contribution < -0.4 is 4.74 Å². The average molecular weight is 196 g/mol. The van der Waals surface area contributed by atoms with Gasteiger partial charge in [-0.2, -0.15) is 0 Å². The molecule has 74 valence electrons. The van der Waals surface area contributed by atoms with Gasteiger partial charge in [-0.15, -0.1) is 0 Å². The summed E-state index contributed by atoms with van der Waals surface area (Å²) in [6, 6.07) is 3.95. The lowest BCUT2D eigenvalue weighted by molar-refractivity contribution is -0.139. The topological polar surface area (TPSA) is 46.5 Å². The molecular formula is C10H9FO3. The first-order valence-electron chi connectivity index (χ1n) is 4.33. The maximum absolute atomic E-state index is 12.8. The zero-order valence-electron chi connectivity index (χ0n) is 7.37. The second-order valence-electron chi connectivity index (χ2n) is 3.21. The highest BCUT2D eigenvalue weighted by Gasteiger charge is 2.27. The van der Waals surface area contributed by atoms with Gasteiger partial charge in [-0.05, 0) is 12.5 Å². The Balaban J connectivity index is 2.44. The predicted molar refractivity (Wildman–Crippen MR) is 46.9 cm³/mol. The molecular weight excluding hydrogens is 187 g/mol. The first-order valence-corrected chi connectivity index (χ1v) is 4.33. The third-order valence-corrected chi connectivity index (χ3v) is 2.31. The van der Waals surface area contributed by atoms with Crippen LogP contribution in [0, 0.1) is 5.82 Å². The molecule has 0 radical (unpaired) electrons. The molecule has 1 unspecified atom stereocenters. The Bertz CT molecular complexity index is 376. The standard InChI is InChI=1S/C10H9FO3/c11-6-1-2-7-8(10(12)13)3-4-14-9(7)5-6/h1-2,5,8H,3-4H2,(H,12,13). The van der Waals surface area contributed by atoms with Gasteiger partial charge in [-0.25, -0.2) is 4.39 Å². The van der Waals surface area contributed by atoms with E-state index in [-0.39, 0.29) is 0 Å². The van der Waals surface area contributed by atoms with Crippen LogP contribution in [0.4, 0.5) is 4.39 Å². The van der Waals surface area contributed by atoms with Crippen LogP contribution in [-0.2, 0) is 4.79 Å². The average Bonchev–Trinajstić information content (AvgIpc) is 2.16. The number of carboxylic acid groups (broad SMARTS) is 1. The Hall–Kier alpha value is -1.58. The van der Waals surface area contributed by atoms with E-state index in [2.05, 4.69) is 0 Å². The van der Waals surface area contributed by atoms with Crippen LogP contribution in [0.1, 0.15) is 17.9 Å². The molecule has 0 amide bonds. The molecule has 0 spiro atoms. The van der Waals surface area contributed by atoms with Gasteiger partial charge in [0.05, 0.1) is 12.5 Å². The Morgan fingerprint density at radius 3 is 3.07 bits per heavy atom. The summed E-state index contributed by atoms with van der Waals surface area (Å²) in [5.41, 5.74) is 0.560. The summed E-state index contributed by atoms with van der Waals surface area (Å²) in [5, 5.41) is 8.91. The van der Waals surface area contributed by atoms with E-state index in [1.807, 2.05) is 0 Å². The number of halogens is 1. The summed E-state index contributed by atoms with van der Waals surface area (Å²) in [7, 11) is 0. The lowest BCUT2D eigenvalue weighted by Gasteiger charge is -2.22. The first kappa shape index (κ1) is 8.99. The molecule has 14 heavy (non-hydrogen) atoms. The molecule has 0 aliphatic carbocycles. The van der Waals surface area contributed by atoms with Crippen LogP contribution in [0.5, 0.6) is 5.75 Å². The van der Waals surface area contributed by atoms with Gasteiger partial charge in [0.15, 0.2) is 0 Å². The van der Waals surface area contributed by atoms with Gasteiger partial charge < -0.3 is 9.84 Å². The van der Waals surface area contributed by atoms with Gasteiger partial charge in [-0.3, -0.25) is 4.79 Å². The maximum Gasteiger partial charge on any atom is 0.311 e. The molecule has 1 aromatic carbocycles. The molecule has 1 aliphatic rings. The van der Waals surface area contributed by atoms with Crippen molar-refractivity contribution in [2.24, 2.45) is 0 Å². The smallest absolute Gasteiger partial charge is 0.311 e. The number of hydrogen-bond acceptors (Lipinski definition) is 2. The van der Waals surface area contributed by atoms with Crippen molar-refractivity contribution >= 4 is 5.97 Å². The highest BCUT2D eigenvalue weighted by atomic mass is 19.1. The minimum atomic E-state index is -0.888. The number of carbonyl (C=O) groups is 1. The lowest BCUT2D eigenvalue weighted by Crippen LogP contribution is -2.20. The van der Waals surface area contributed by atoms with Crippen molar-refractivity contribution in [3.63, 3.8) is 0 Å². The number of aliphatic carboxylic acids is 1. The number of fused-ring (bicyclic) bond motifs is 1. The molecule has 4 heteroatoms.